The maximum Gasteiger partial charge on any atom is 0.278 e. The molecular weight excluding hydrogens is 388 g/mol. The first-order chi connectivity index (χ1) is 13.8. The van der Waals surface area contributed by atoms with Crippen LogP contribution in [0.15, 0.2) is 48.2 Å². The van der Waals surface area contributed by atoms with Crippen molar-refractivity contribution in [1.82, 2.24) is 4.90 Å². The Morgan fingerprint density at radius 1 is 1.03 bits per heavy atom. The standard InChI is InChI=1S/C23H25ClN2O3/c1-14(2)29-12-11-26-22(27)20(17-8-5-15(3)6-9-17)21(23(26)28)25-18-10-7-16(4)19(24)13-18/h5-10,13-14,25H,11-12H2,1-4H3. The number of imide groups is 1. The van der Waals surface area contributed by atoms with Gasteiger partial charge in [0.1, 0.15) is 5.70 Å². The summed E-state index contributed by atoms with van der Waals surface area (Å²) in [6.45, 7) is 8.20. The molecule has 2 amide bonds. The number of carbonyl (C=O) groups is 2. The third-order valence-electron chi connectivity index (χ3n) is 4.72. The molecule has 0 radical (unpaired) electrons. The molecule has 0 unspecified atom stereocenters. The van der Waals surface area contributed by atoms with Crippen molar-refractivity contribution in [3.05, 3.63) is 69.9 Å². The van der Waals surface area contributed by atoms with Gasteiger partial charge in [0.2, 0.25) is 0 Å². The van der Waals surface area contributed by atoms with Gasteiger partial charge in [0.25, 0.3) is 11.8 Å². The highest BCUT2D eigenvalue weighted by atomic mass is 35.5. The molecule has 0 saturated heterocycles. The molecule has 152 valence electrons. The number of anilines is 1. The number of rotatable bonds is 7. The van der Waals surface area contributed by atoms with Gasteiger partial charge in [-0.05, 0) is 51.0 Å². The van der Waals surface area contributed by atoms with E-state index >= 15 is 0 Å². The van der Waals surface area contributed by atoms with Gasteiger partial charge in [-0.3, -0.25) is 14.5 Å². The molecule has 1 aliphatic rings. The van der Waals surface area contributed by atoms with Crippen LogP contribution in [0.4, 0.5) is 5.69 Å². The molecular formula is C23H25ClN2O3. The smallest absolute Gasteiger partial charge is 0.278 e. The second kappa shape index (κ2) is 8.80. The van der Waals surface area contributed by atoms with Crippen LogP contribution in [0.1, 0.15) is 30.5 Å². The number of hydrogen-bond donors (Lipinski definition) is 1. The molecule has 0 fully saturated rings. The van der Waals surface area contributed by atoms with E-state index in [1.165, 1.54) is 4.90 Å². The lowest BCUT2D eigenvalue weighted by molar-refractivity contribution is -0.137. The van der Waals surface area contributed by atoms with E-state index in [4.69, 9.17) is 16.3 Å². The lowest BCUT2D eigenvalue weighted by atomic mass is 10.0. The first-order valence-corrected chi connectivity index (χ1v) is 9.98. The van der Waals surface area contributed by atoms with Crippen LogP contribution in [-0.2, 0) is 14.3 Å². The monoisotopic (exact) mass is 412 g/mol. The molecule has 3 rings (SSSR count). The fourth-order valence-electron chi connectivity index (χ4n) is 3.08. The fourth-order valence-corrected chi connectivity index (χ4v) is 3.26. The van der Waals surface area contributed by atoms with Gasteiger partial charge >= 0.3 is 0 Å². The zero-order valence-corrected chi connectivity index (χ0v) is 17.8. The van der Waals surface area contributed by atoms with Gasteiger partial charge in [-0.1, -0.05) is 47.5 Å². The number of halogens is 1. The zero-order valence-electron chi connectivity index (χ0n) is 17.1. The Balaban J connectivity index is 1.97. The second-order valence-corrected chi connectivity index (χ2v) is 7.79. The van der Waals surface area contributed by atoms with Crippen LogP contribution in [0.5, 0.6) is 0 Å². The normalized spacial score (nSPS) is 14.3. The average Bonchev–Trinajstić information content (AvgIpc) is 2.89. The van der Waals surface area contributed by atoms with Gasteiger partial charge in [0.15, 0.2) is 0 Å². The van der Waals surface area contributed by atoms with E-state index in [0.717, 1.165) is 11.1 Å². The summed E-state index contributed by atoms with van der Waals surface area (Å²) < 4.78 is 5.54. The van der Waals surface area contributed by atoms with Gasteiger partial charge in [-0.15, -0.1) is 0 Å². The highest BCUT2D eigenvalue weighted by Gasteiger charge is 2.39. The quantitative estimate of drug-likeness (QED) is 0.676. The summed E-state index contributed by atoms with van der Waals surface area (Å²) in [5.74, 6) is -0.693. The summed E-state index contributed by atoms with van der Waals surface area (Å²) in [5, 5.41) is 3.71. The number of ether oxygens (including phenoxy) is 1. The van der Waals surface area contributed by atoms with Crippen molar-refractivity contribution < 1.29 is 14.3 Å². The molecule has 1 N–H and O–H groups in total. The SMILES string of the molecule is Cc1ccc(C2=C(Nc3ccc(C)c(Cl)c3)C(=O)N(CCOC(C)C)C2=O)cc1. The molecule has 6 heteroatoms. The average molecular weight is 413 g/mol. The van der Waals surface area contributed by atoms with Crippen molar-refractivity contribution in [3.8, 4) is 0 Å². The molecule has 2 aromatic rings. The topological polar surface area (TPSA) is 58.6 Å². The van der Waals surface area contributed by atoms with Crippen LogP contribution in [0, 0.1) is 13.8 Å². The van der Waals surface area contributed by atoms with E-state index in [2.05, 4.69) is 5.32 Å². The number of nitrogens with one attached hydrogen (secondary N) is 1. The Kier molecular flexibility index (Phi) is 6.40. The van der Waals surface area contributed by atoms with E-state index in [1.54, 1.807) is 6.07 Å². The maximum atomic E-state index is 13.1. The summed E-state index contributed by atoms with van der Waals surface area (Å²) >= 11 is 6.23. The summed E-state index contributed by atoms with van der Waals surface area (Å²) in [7, 11) is 0. The minimum Gasteiger partial charge on any atom is -0.377 e. The van der Waals surface area contributed by atoms with Crippen LogP contribution in [-0.4, -0.2) is 36.0 Å². The van der Waals surface area contributed by atoms with Crippen LogP contribution < -0.4 is 5.32 Å². The molecule has 0 aliphatic carbocycles. The van der Waals surface area contributed by atoms with Crippen LogP contribution in [0.25, 0.3) is 5.57 Å². The molecule has 0 spiro atoms. The summed E-state index contributed by atoms with van der Waals surface area (Å²) in [6, 6.07) is 13.0. The van der Waals surface area contributed by atoms with E-state index in [0.29, 0.717) is 28.5 Å². The fraction of sp³-hybridized carbons (Fsp3) is 0.304. The van der Waals surface area contributed by atoms with E-state index in [1.807, 2.05) is 64.1 Å². The molecule has 29 heavy (non-hydrogen) atoms. The summed E-state index contributed by atoms with van der Waals surface area (Å²) in [5.41, 5.74) is 3.97. The first kappa shape index (κ1) is 21.1. The molecule has 5 nitrogen and oxygen atoms in total. The predicted octanol–water partition coefficient (Wildman–Crippen LogP) is 4.57. The number of amides is 2. The van der Waals surface area contributed by atoms with E-state index < -0.39 is 0 Å². The number of benzene rings is 2. The molecule has 0 saturated carbocycles. The van der Waals surface area contributed by atoms with Crippen molar-refractivity contribution in [3.63, 3.8) is 0 Å². The van der Waals surface area contributed by atoms with Crippen LogP contribution >= 0.6 is 11.6 Å². The van der Waals surface area contributed by atoms with Crippen LogP contribution in [0.2, 0.25) is 5.02 Å². The second-order valence-electron chi connectivity index (χ2n) is 7.39. The van der Waals surface area contributed by atoms with Crippen molar-refractivity contribution in [2.45, 2.75) is 33.8 Å². The first-order valence-electron chi connectivity index (χ1n) is 9.60. The number of aryl methyl sites for hydroxylation is 2. The maximum absolute atomic E-state index is 13.1. The molecule has 0 aromatic heterocycles. The molecule has 1 heterocycles. The van der Waals surface area contributed by atoms with Gasteiger partial charge in [-0.2, -0.15) is 0 Å². The Morgan fingerprint density at radius 3 is 2.34 bits per heavy atom. The highest BCUT2D eigenvalue weighted by molar-refractivity contribution is 6.36. The Hall–Kier alpha value is -2.63. The van der Waals surface area contributed by atoms with Gasteiger partial charge in [0.05, 0.1) is 24.8 Å². The van der Waals surface area contributed by atoms with Crippen LogP contribution in [0.3, 0.4) is 0 Å². The predicted molar refractivity (Wildman–Crippen MR) is 116 cm³/mol. The lowest BCUT2D eigenvalue weighted by Gasteiger charge is -2.16. The van der Waals surface area contributed by atoms with Crippen molar-refractivity contribution in [2.75, 3.05) is 18.5 Å². The Labute approximate surface area is 176 Å². The highest BCUT2D eigenvalue weighted by Crippen LogP contribution is 2.31. The number of nitrogens with zero attached hydrogens (tertiary/aromatic N) is 1. The number of hydrogen-bond acceptors (Lipinski definition) is 4. The van der Waals surface area contributed by atoms with Crippen molar-refractivity contribution >= 4 is 34.7 Å². The molecule has 0 atom stereocenters. The minimum atomic E-state index is -0.366. The summed E-state index contributed by atoms with van der Waals surface area (Å²) in [4.78, 5) is 27.5. The van der Waals surface area contributed by atoms with E-state index in [-0.39, 0.29) is 30.2 Å². The largest absolute Gasteiger partial charge is 0.377 e. The lowest BCUT2D eigenvalue weighted by Crippen LogP contribution is -2.35. The Morgan fingerprint density at radius 2 is 1.72 bits per heavy atom. The van der Waals surface area contributed by atoms with Gasteiger partial charge < -0.3 is 10.1 Å². The third kappa shape index (κ3) is 4.69. The van der Waals surface area contributed by atoms with Crippen molar-refractivity contribution in [2.24, 2.45) is 0 Å². The van der Waals surface area contributed by atoms with Crippen molar-refractivity contribution in [1.29, 1.82) is 0 Å². The third-order valence-corrected chi connectivity index (χ3v) is 5.12. The minimum absolute atomic E-state index is 0.0274. The molecule has 1 aliphatic heterocycles. The Bertz CT molecular complexity index is 965. The molecule has 0 bridgehead atoms. The van der Waals surface area contributed by atoms with E-state index in [9.17, 15) is 9.59 Å². The zero-order chi connectivity index (χ0) is 21.1. The molecule has 2 aromatic carbocycles. The van der Waals surface area contributed by atoms with Gasteiger partial charge in [-0.25, -0.2) is 0 Å². The van der Waals surface area contributed by atoms with Gasteiger partial charge in [0, 0.05) is 10.7 Å². The summed E-state index contributed by atoms with van der Waals surface area (Å²) in [6.07, 6.45) is 0.0274. The number of carbonyl (C=O) groups excluding carboxylic acids is 2.